The summed E-state index contributed by atoms with van der Waals surface area (Å²) in [5.41, 5.74) is 3.71. The molecule has 3 nitrogen and oxygen atoms in total. The number of carbonyl (C=O) groups is 1. The number of nitrogens with one attached hydrogen (secondary N) is 1. The van der Waals surface area contributed by atoms with Crippen molar-refractivity contribution >= 4 is 11.5 Å². The smallest absolute Gasteiger partial charge is 0.163 e. The van der Waals surface area contributed by atoms with Crippen LogP contribution >= 0.6 is 0 Å². The average molecular weight is 287 g/mol. The fraction of sp³-hybridized carbons (Fsp3) is 0.556. The molecule has 1 saturated heterocycles. The van der Waals surface area contributed by atoms with Crippen LogP contribution in [0.3, 0.4) is 0 Å². The summed E-state index contributed by atoms with van der Waals surface area (Å²) in [5.74, 6) is 0.234. The Morgan fingerprint density at radius 1 is 1.33 bits per heavy atom. The van der Waals surface area contributed by atoms with E-state index in [0.29, 0.717) is 31.8 Å². The molecule has 0 unspecified atom stereocenters. The molecule has 1 aromatic rings. The third-order valence-corrected chi connectivity index (χ3v) is 4.24. The number of ether oxygens (including phenoxy) is 1. The van der Waals surface area contributed by atoms with E-state index in [2.05, 4.69) is 25.1 Å². The van der Waals surface area contributed by atoms with Gasteiger partial charge >= 0.3 is 0 Å². The van der Waals surface area contributed by atoms with Crippen molar-refractivity contribution in [2.45, 2.75) is 51.9 Å². The van der Waals surface area contributed by atoms with Gasteiger partial charge in [-0.3, -0.25) is 4.79 Å². The number of aryl methyl sites for hydroxylation is 1. The van der Waals surface area contributed by atoms with E-state index in [-0.39, 0.29) is 11.2 Å². The maximum absolute atomic E-state index is 12.4. The summed E-state index contributed by atoms with van der Waals surface area (Å²) < 4.78 is 5.42. The van der Waals surface area contributed by atoms with Crippen molar-refractivity contribution in [3.63, 3.8) is 0 Å². The lowest BCUT2D eigenvalue weighted by molar-refractivity contribution is -0.0564. The van der Waals surface area contributed by atoms with Crippen LogP contribution in [-0.4, -0.2) is 24.7 Å². The van der Waals surface area contributed by atoms with Gasteiger partial charge in [-0.1, -0.05) is 26.0 Å². The van der Waals surface area contributed by atoms with Crippen LogP contribution < -0.4 is 0 Å². The number of carbonyl (C=O) groups excluding carboxylic acids is 1. The monoisotopic (exact) mass is 287 g/mol. The Kier molecular flexibility index (Phi) is 4.94. The largest absolute Gasteiger partial charge is 0.379 e. The Hall–Kier alpha value is -1.48. The fourth-order valence-corrected chi connectivity index (χ4v) is 3.06. The van der Waals surface area contributed by atoms with Gasteiger partial charge in [0, 0.05) is 23.1 Å². The highest BCUT2D eigenvalue weighted by Crippen LogP contribution is 2.37. The van der Waals surface area contributed by atoms with Crippen molar-refractivity contribution in [3.8, 4) is 0 Å². The fourth-order valence-electron chi connectivity index (χ4n) is 3.06. The molecular formula is C18H25NO2. The number of Topliss-reactive ketones (excluding diaryl/α,β-unsaturated/α-hetero) is 1. The Balaban J connectivity index is 2.39. The van der Waals surface area contributed by atoms with Gasteiger partial charge in [-0.25, -0.2) is 0 Å². The Bertz CT molecular complexity index is 544. The molecule has 0 spiro atoms. The first kappa shape index (κ1) is 15.9. The van der Waals surface area contributed by atoms with Crippen LogP contribution in [0, 0.1) is 5.41 Å². The van der Waals surface area contributed by atoms with E-state index in [1.807, 2.05) is 13.8 Å². The molecule has 0 saturated carbocycles. The predicted octanol–water partition coefficient (Wildman–Crippen LogP) is 3.93. The zero-order chi connectivity index (χ0) is 15.5. The van der Waals surface area contributed by atoms with Crippen LogP contribution in [0.1, 0.15) is 61.5 Å². The third kappa shape index (κ3) is 3.24. The van der Waals surface area contributed by atoms with Crippen molar-refractivity contribution in [1.82, 2.24) is 0 Å². The number of rotatable bonds is 7. The van der Waals surface area contributed by atoms with E-state index in [4.69, 9.17) is 10.1 Å². The number of hydrogen-bond acceptors (Lipinski definition) is 3. The van der Waals surface area contributed by atoms with Crippen LogP contribution in [-0.2, 0) is 16.6 Å². The SMILES string of the molecule is CCCC(=O)c1cc(C2(CC(C)=N)COC2)ccc1CC. The minimum Gasteiger partial charge on any atom is -0.379 e. The standard InChI is InChI=1S/C18H25NO2/c1-4-6-17(20)16-9-15(8-7-14(16)5-2)18(10-13(3)19)11-21-12-18/h7-9,19H,4-6,10-12H2,1-3H3. The second-order valence-corrected chi connectivity index (χ2v) is 6.13. The van der Waals surface area contributed by atoms with Gasteiger partial charge in [0.15, 0.2) is 5.78 Å². The van der Waals surface area contributed by atoms with Gasteiger partial charge in [0.25, 0.3) is 0 Å². The molecule has 114 valence electrons. The van der Waals surface area contributed by atoms with Crippen molar-refractivity contribution in [1.29, 1.82) is 5.41 Å². The molecule has 2 rings (SSSR count). The number of benzene rings is 1. The second kappa shape index (κ2) is 6.52. The summed E-state index contributed by atoms with van der Waals surface area (Å²) in [6.07, 6.45) is 3.06. The van der Waals surface area contributed by atoms with E-state index >= 15 is 0 Å². The first-order chi connectivity index (χ1) is 10.0. The molecule has 1 aromatic carbocycles. The van der Waals surface area contributed by atoms with Crippen LogP contribution in [0.5, 0.6) is 0 Å². The molecule has 0 atom stereocenters. The summed E-state index contributed by atoms with van der Waals surface area (Å²) in [5, 5.41) is 7.80. The summed E-state index contributed by atoms with van der Waals surface area (Å²) in [6.45, 7) is 7.25. The summed E-state index contributed by atoms with van der Waals surface area (Å²) in [4.78, 5) is 12.4. The zero-order valence-corrected chi connectivity index (χ0v) is 13.3. The van der Waals surface area contributed by atoms with E-state index in [0.717, 1.165) is 29.5 Å². The summed E-state index contributed by atoms with van der Waals surface area (Å²) in [6, 6.07) is 6.26. The quantitative estimate of drug-likeness (QED) is 0.610. The first-order valence-electron chi connectivity index (χ1n) is 7.81. The molecule has 0 aliphatic carbocycles. The highest BCUT2D eigenvalue weighted by atomic mass is 16.5. The summed E-state index contributed by atoms with van der Waals surface area (Å²) >= 11 is 0. The highest BCUT2D eigenvalue weighted by Gasteiger charge is 2.41. The van der Waals surface area contributed by atoms with Gasteiger partial charge in [0.1, 0.15) is 0 Å². The molecule has 1 fully saturated rings. The van der Waals surface area contributed by atoms with E-state index in [9.17, 15) is 4.79 Å². The topological polar surface area (TPSA) is 50.2 Å². The van der Waals surface area contributed by atoms with Crippen molar-refractivity contribution in [2.75, 3.05) is 13.2 Å². The Labute approximate surface area is 127 Å². The van der Waals surface area contributed by atoms with Gasteiger partial charge < -0.3 is 10.1 Å². The van der Waals surface area contributed by atoms with Crippen LogP contribution in [0.2, 0.25) is 0 Å². The average Bonchev–Trinajstić information content (AvgIpc) is 2.42. The van der Waals surface area contributed by atoms with Gasteiger partial charge in [-0.2, -0.15) is 0 Å². The molecule has 21 heavy (non-hydrogen) atoms. The van der Waals surface area contributed by atoms with Crippen LogP contribution in [0.25, 0.3) is 0 Å². The minimum atomic E-state index is -0.0979. The van der Waals surface area contributed by atoms with E-state index in [1.165, 1.54) is 0 Å². The Morgan fingerprint density at radius 3 is 2.52 bits per heavy atom. The molecule has 0 radical (unpaired) electrons. The number of ketones is 1. The van der Waals surface area contributed by atoms with Crippen molar-refractivity contribution in [2.24, 2.45) is 0 Å². The summed E-state index contributed by atoms with van der Waals surface area (Å²) in [7, 11) is 0. The van der Waals surface area contributed by atoms with Gasteiger partial charge in [-0.05, 0) is 43.4 Å². The Morgan fingerprint density at radius 2 is 2.05 bits per heavy atom. The van der Waals surface area contributed by atoms with E-state index < -0.39 is 0 Å². The zero-order valence-electron chi connectivity index (χ0n) is 13.3. The molecule has 0 aromatic heterocycles. The number of hydrogen-bond donors (Lipinski definition) is 1. The minimum absolute atomic E-state index is 0.0979. The lowest BCUT2D eigenvalue weighted by atomic mass is 9.73. The second-order valence-electron chi connectivity index (χ2n) is 6.13. The normalized spacial score (nSPS) is 16.3. The molecule has 1 heterocycles. The molecule has 1 aliphatic rings. The van der Waals surface area contributed by atoms with Crippen molar-refractivity contribution < 1.29 is 9.53 Å². The lowest BCUT2D eigenvalue weighted by Crippen LogP contribution is -2.48. The molecule has 0 bridgehead atoms. The van der Waals surface area contributed by atoms with E-state index in [1.54, 1.807) is 0 Å². The molecule has 3 heteroatoms. The van der Waals surface area contributed by atoms with Crippen LogP contribution in [0.15, 0.2) is 18.2 Å². The predicted molar refractivity (Wildman–Crippen MR) is 85.6 cm³/mol. The first-order valence-corrected chi connectivity index (χ1v) is 7.81. The molecule has 1 aliphatic heterocycles. The van der Waals surface area contributed by atoms with Gasteiger partial charge in [0.2, 0.25) is 0 Å². The maximum Gasteiger partial charge on any atom is 0.163 e. The molecular weight excluding hydrogens is 262 g/mol. The molecule has 0 amide bonds. The molecule has 1 N–H and O–H groups in total. The van der Waals surface area contributed by atoms with Gasteiger partial charge in [-0.15, -0.1) is 0 Å². The van der Waals surface area contributed by atoms with Gasteiger partial charge in [0.05, 0.1) is 13.2 Å². The van der Waals surface area contributed by atoms with Crippen LogP contribution in [0.4, 0.5) is 0 Å². The maximum atomic E-state index is 12.4. The lowest BCUT2D eigenvalue weighted by Gasteiger charge is -2.42. The third-order valence-electron chi connectivity index (χ3n) is 4.24. The van der Waals surface area contributed by atoms with Crippen molar-refractivity contribution in [3.05, 3.63) is 34.9 Å². The highest BCUT2D eigenvalue weighted by molar-refractivity contribution is 5.97.